The lowest BCUT2D eigenvalue weighted by atomic mass is 9.77. The van der Waals surface area contributed by atoms with Crippen LogP contribution < -0.4 is 0 Å². The largest absolute Gasteiger partial charge is 0.465 e. The molecule has 1 saturated heterocycles. The summed E-state index contributed by atoms with van der Waals surface area (Å²) in [6.07, 6.45) is 0.278. The molecule has 1 unspecified atom stereocenters. The summed E-state index contributed by atoms with van der Waals surface area (Å²) in [4.78, 5) is 23.5. The molecule has 0 saturated carbocycles. The summed E-state index contributed by atoms with van der Waals surface area (Å²) in [5.41, 5.74) is -0.998. The van der Waals surface area contributed by atoms with Crippen molar-refractivity contribution in [2.45, 2.75) is 19.8 Å². The molecule has 0 amide bonds. The van der Waals surface area contributed by atoms with E-state index in [1.54, 1.807) is 0 Å². The van der Waals surface area contributed by atoms with Gasteiger partial charge < -0.3 is 4.74 Å². The number of Topliss-reactive ketones (excluding diaryl/α,β-unsaturated/α-hetero) is 1. The average molecular weight is 271 g/mol. The zero-order chi connectivity index (χ0) is 13.3. The maximum Gasteiger partial charge on any atom is 0.320 e. The van der Waals surface area contributed by atoms with Gasteiger partial charge >= 0.3 is 5.97 Å². The van der Waals surface area contributed by atoms with Crippen molar-refractivity contribution in [3.8, 4) is 0 Å². The Labute approximate surface area is 109 Å². The molecule has 2 rings (SSSR count). The van der Waals surface area contributed by atoms with Crippen LogP contribution in [0.5, 0.6) is 0 Å². The second-order valence-corrected chi connectivity index (χ2v) is 4.87. The molecule has 0 aromatic heterocycles. The first-order valence-corrected chi connectivity index (χ1v) is 5.96. The molecule has 1 atom stereocenters. The van der Waals surface area contributed by atoms with E-state index < -0.39 is 17.2 Å². The Morgan fingerprint density at radius 1 is 1.56 bits per heavy atom. The van der Waals surface area contributed by atoms with Crippen LogP contribution in [0.15, 0.2) is 18.2 Å². The minimum Gasteiger partial charge on any atom is -0.465 e. The molecular formula is C13H12ClFO3. The molecule has 1 aromatic rings. The average Bonchev–Trinajstić information content (AvgIpc) is 2.67. The molecule has 1 aliphatic rings. The van der Waals surface area contributed by atoms with Gasteiger partial charge in [0.25, 0.3) is 0 Å². The lowest BCUT2D eigenvalue weighted by Gasteiger charge is -2.21. The van der Waals surface area contributed by atoms with Gasteiger partial charge in [0.2, 0.25) is 0 Å². The monoisotopic (exact) mass is 270 g/mol. The van der Waals surface area contributed by atoms with E-state index >= 15 is 0 Å². The fraction of sp³-hybridized carbons (Fsp3) is 0.385. The molecule has 96 valence electrons. The predicted molar refractivity (Wildman–Crippen MR) is 63.8 cm³/mol. The fourth-order valence-corrected chi connectivity index (χ4v) is 2.36. The topological polar surface area (TPSA) is 43.4 Å². The third kappa shape index (κ3) is 2.12. The smallest absolute Gasteiger partial charge is 0.320 e. The number of ketones is 1. The molecule has 1 aromatic carbocycles. The number of ether oxygens (including phenoxy) is 1. The van der Waals surface area contributed by atoms with Crippen LogP contribution in [0.3, 0.4) is 0 Å². The molecule has 0 spiro atoms. The van der Waals surface area contributed by atoms with Gasteiger partial charge in [-0.2, -0.15) is 0 Å². The van der Waals surface area contributed by atoms with Crippen LogP contribution in [0.4, 0.5) is 4.39 Å². The predicted octanol–water partition coefficient (Wildman–Crippen LogP) is 2.54. The van der Waals surface area contributed by atoms with Crippen LogP contribution in [0.2, 0.25) is 5.02 Å². The minimum atomic E-state index is -1.26. The van der Waals surface area contributed by atoms with E-state index in [-0.39, 0.29) is 30.8 Å². The van der Waals surface area contributed by atoms with Crippen molar-refractivity contribution in [3.05, 3.63) is 34.6 Å². The third-order valence-electron chi connectivity index (χ3n) is 3.33. The summed E-state index contributed by atoms with van der Waals surface area (Å²) in [6, 6.07) is 4.09. The van der Waals surface area contributed by atoms with Crippen LogP contribution in [0.25, 0.3) is 0 Å². The first kappa shape index (κ1) is 13.0. The van der Waals surface area contributed by atoms with E-state index in [1.807, 2.05) is 0 Å². The number of esters is 1. The molecule has 0 N–H and O–H groups in total. The van der Waals surface area contributed by atoms with Crippen molar-refractivity contribution in [2.75, 3.05) is 6.61 Å². The minimum absolute atomic E-state index is 0.00639. The molecule has 5 heteroatoms. The summed E-state index contributed by atoms with van der Waals surface area (Å²) in [5, 5.41) is 0.372. The Morgan fingerprint density at radius 3 is 2.83 bits per heavy atom. The van der Waals surface area contributed by atoms with Gasteiger partial charge in [0.05, 0.1) is 6.61 Å². The quantitative estimate of drug-likeness (QED) is 0.626. The molecule has 1 heterocycles. The highest BCUT2D eigenvalue weighted by molar-refractivity contribution is 6.30. The van der Waals surface area contributed by atoms with Crippen LogP contribution in [0.1, 0.15) is 18.9 Å². The van der Waals surface area contributed by atoms with Gasteiger partial charge in [0, 0.05) is 11.4 Å². The second kappa shape index (κ2) is 4.69. The first-order chi connectivity index (χ1) is 8.45. The molecule has 3 nitrogen and oxygen atoms in total. The SMILES string of the molecule is CC(=O)C1(Cc2cc(Cl)ccc2F)CCOC1=O. The van der Waals surface area contributed by atoms with Gasteiger partial charge in [-0.05, 0) is 37.1 Å². The lowest BCUT2D eigenvalue weighted by Crippen LogP contribution is -2.36. The van der Waals surface area contributed by atoms with Crippen molar-refractivity contribution in [1.82, 2.24) is 0 Å². The van der Waals surface area contributed by atoms with Gasteiger partial charge in [-0.1, -0.05) is 11.6 Å². The fourth-order valence-electron chi connectivity index (χ4n) is 2.17. The zero-order valence-corrected chi connectivity index (χ0v) is 10.6. The van der Waals surface area contributed by atoms with Crippen LogP contribution in [0, 0.1) is 11.2 Å². The summed E-state index contributed by atoms with van der Waals surface area (Å²) in [7, 11) is 0. The molecule has 1 fully saturated rings. The number of carbonyl (C=O) groups excluding carboxylic acids is 2. The number of hydrogen-bond donors (Lipinski definition) is 0. The molecule has 0 bridgehead atoms. The highest BCUT2D eigenvalue weighted by atomic mass is 35.5. The number of benzene rings is 1. The number of rotatable bonds is 3. The van der Waals surface area contributed by atoms with E-state index in [4.69, 9.17) is 16.3 Å². The summed E-state index contributed by atoms with van der Waals surface area (Å²) in [5.74, 6) is -1.35. The van der Waals surface area contributed by atoms with Crippen molar-refractivity contribution >= 4 is 23.4 Å². The number of carbonyl (C=O) groups is 2. The second-order valence-electron chi connectivity index (χ2n) is 4.44. The Bertz CT molecular complexity index is 515. The normalized spacial score (nSPS) is 22.9. The van der Waals surface area contributed by atoms with Gasteiger partial charge in [-0.3, -0.25) is 9.59 Å². The zero-order valence-electron chi connectivity index (χ0n) is 9.83. The summed E-state index contributed by atoms with van der Waals surface area (Å²) in [6.45, 7) is 1.52. The van der Waals surface area contributed by atoms with Gasteiger partial charge in [-0.25, -0.2) is 4.39 Å². The van der Waals surface area contributed by atoms with Crippen LogP contribution >= 0.6 is 11.6 Å². The van der Waals surface area contributed by atoms with E-state index in [9.17, 15) is 14.0 Å². The van der Waals surface area contributed by atoms with Crippen LogP contribution in [-0.4, -0.2) is 18.4 Å². The van der Waals surface area contributed by atoms with Crippen molar-refractivity contribution in [2.24, 2.45) is 5.41 Å². The maximum absolute atomic E-state index is 13.7. The van der Waals surface area contributed by atoms with Gasteiger partial charge in [-0.15, -0.1) is 0 Å². The van der Waals surface area contributed by atoms with E-state index in [2.05, 4.69) is 0 Å². The van der Waals surface area contributed by atoms with E-state index in [0.717, 1.165) is 0 Å². The first-order valence-electron chi connectivity index (χ1n) is 5.58. The number of hydrogen-bond acceptors (Lipinski definition) is 3. The highest BCUT2D eigenvalue weighted by Crippen LogP contribution is 2.36. The standard InChI is InChI=1S/C13H12ClFO3/c1-8(16)13(4-5-18-12(13)17)7-9-6-10(14)2-3-11(9)15/h2-3,6H,4-5,7H2,1H3. The Morgan fingerprint density at radius 2 is 2.28 bits per heavy atom. The Balaban J connectivity index is 2.38. The Kier molecular flexibility index (Phi) is 3.39. The summed E-state index contributed by atoms with van der Waals surface area (Å²) >= 11 is 5.80. The third-order valence-corrected chi connectivity index (χ3v) is 3.56. The van der Waals surface area contributed by atoms with E-state index in [1.165, 1.54) is 25.1 Å². The highest BCUT2D eigenvalue weighted by Gasteiger charge is 2.49. The van der Waals surface area contributed by atoms with Crippen molar-refractivity contribution in [3.63, 3.8) is 0 Å². The molecular weight excluding hydrogens is 259 g/mol. The maximum atomic E-state index is 13.7. The Hall–Kier alpha value is -1.42. The van der Waals surface area contributed by atoms with Crippen molar-refractivity contribution < 1.29 is 18.7 Å². The summed E-state index contributed by atoms with van der Waals surface area (Å²) < 4.78 is 18.5. The van der Waals surface area contributed by atoms with Crippen molar-refractivity contribution in [1.29, 1.82) is 0 Å². The number of halogens is 2. The molecule has 18 heavy (non-hydrogen) atoms. The lowest BCUT2D eigenvalue weighted by molar-refractivity contribution is -0.150. The molecule has 0 aliphatic carbocycles. The molecule has 0 radical (unpaired) electrons. The van der Waals surface area contributed by atoms with Gasteiger partial charge in [0.1, 0.15) is 17.0 Å². The van der Waals surface area contributed by atoms with Gasteiger partial charge in [0.15, 0.2) is 0 Å². The number of cyclic esters (lactones) is 1. The van der Waals surface area contributed by atoms with E-state index in [0.29, 0.717) is 5.02 Å². The molecule has 1 aliphatic heterocycles. The van der Waals surface area contributed by atoms with Crippen LogP contribution in [-0.2, 0) is 20.7 Å².